The third-order valence-electron chi connectivity index (χ3n) is 3.50. The van der Waals surface area contributed by atoms with Gasteiger partial charge < -0.3 is 14.3 Å². The Morgan fingerprint density at radius 1 is 1.28 bits per heavy atom. The summed E-state index contributed by atoms with van der Waals surface area (Å²) in [6, 6.07) is 8.26. The normalized spacial score (nSPS) is 10.8. The van der Waals surface area contributed by atoms with E-state index in [0.717, 1.165) is 5.56 Å². The summed E-state index contributed by atoms with van der Waals surface area (Å²) < 4.78 is 23.9. The molecule has 2 heterocycles. The zero-order valence-corrected chi connectivity index (χ0v) is 14.8. The van der Waals surface area contributed by atoms with Crippen molar-refractivity contribution >= 4 is 21.8 Å². The van der Waals surface area contributed by atoms with E-state index >= 15 is 0 Å². The third-order valence-corrected chi connectivity index (χ3v) is 4.10. The lowest BCUT2D eigenvalue weighted by Gasteiger charge is -2.05. The highest BCUT2D eigenvalue weighted by atomic mass is 79.9. The minimum Gasteiger partial charge on any atom is -0.461 e. The van der Waals surface area contributed by atoms with Crippen LogP contribution in [0.4, 0.5) is 4.39 Å². The van der Waals surface area contributed by atoms with Gasteiger partial charge in [0.1, 0.15) is 5.82 Å². The maximum Gasteiger partial charge on any atom is 0.238 e. The average molecular weight is 408 g/mol. The number of furan rings is 1. The summed E-state index contributed by atoms with van der Waals surface area (Å²) in [6.45, 7) is 0.471. The predicted octanol–water partition coefficient (Wildman–Crippen LogP) is 3.52. The Morgan fingerprint density at radius 3 is 2.92 bits per heavy atom. The quantitative estimate of drug-likeness (QED) is 0.647. The fourth-order valence-electron chi connectivity index (χ4n) is 2.21. The number of aryl methyl sites for hydroxylation is 1. The summed E-state index contributed by atoms with van der Waals surface area (Å²) in [5.41, 5.74) is 0.938. The molecule has 130 valence electrons. The first-order valence-corrected chi connectivity index (χ1v) is 8.48. The van der Waals surface area contributed by atoms with Crippen LogP contribution in [0.1, 0.15) is 17.9 Å². The fourth-order valence-corrected chi connectivity index (χ4v) is 2.64. The first-order valence-electron chi connectivity index (χ1n) is 7.69. The summed E-state index contributed by atoms with van der Waals surface area (Å²) in [4.78, 5) is 16.1. The van der Waals surface area contributed by atoms with Gasteiger partial charge in [-0.2, -0.15) is 4.98 Å². The summed E-state index contributed by atoms with van der Waals surface area (Å²) >= 11 is 3.14. The van der Waals surface area contributed by atoms with Crippen molar-refractivity contribution in [3.63, 3.8) is 0 Å². The number of benzene rings is 1. The van der Waals surface area contributed by atoms with E-state index in [1.54, 1.807) is 24.3 Å². The molecule has 2 aromatic heterocycles. The molecule has 1 aromatic carbocycles. The van der Waals surface area contributed by atoms with Crippen LogP contribution >= 0.6 is 15.9 Å². The molecule has 0 radical (unpaired) electrons. The summed E-state index contributed by atoms with van der Waals surface area (Å²) in [5, 5.41) is 6.62. The molecule has 0 fully saturated rings. The van der Waals surface area contributed by atoms with Crippen LogP contribution in [0, 0.1) is 5.82 Å². The SMILES string of the molecule is O=C(CCc1nc(-c2ccco2)no1)NCCc1ccc(F)c(Br)c1. The van der Waals surface area contributed by atoms with Crippen molar-refractivity contribution in [2.24, 2.45) is 0 Å². The second kappa shape index (κ2) is 8.06. The highest BCUT2D eigenvalue weighted by Gasteiger charge is 2.12. The number of hydrogen-bond acceptors (Lipinski definition) is 5. The molecule has 3 rings (SSSR count). The van der Waals surface area contributed by atoms with Gasteiger partial charge in [0.05, 0.1) is 10.7 Å². The summed E-state index contributed by atoms with van der Waals surface area (Å²) in [7, 11) is 0. The highest BCUT2D eigenvalue weighted by Crippen LogP contribution is 2.17. The fraction of sp³-hybridized carbons (Fsp3) is 0.235. The number of nitrogens with one attached hydrogen (secondary N) is 1. The molecule has 25 heavy (non-hydrogen) atoms. The van der Waals surface area contributed by atoms with Crippen molar-refractivity contribution in [3.05, 3.63) is 58.3 Å². The molecule has 3 aromatic rings. The second-order valence-electron chi connectivity index (χ2n) is 5.34. The molecule has 0 aliphatic rings. The van der Waals surface area contributed by atoms with Crippen LogP contribution in [-0.4, -0.2) is 22.6 Å². The lowest BCUT2D eigenvalue weighted by atomic mass is 10.1. The lowest BCUT2D eigenvalue weighted by molar-refractivity contribution is -0.121. The van der Waals surface area contributed by atoms with Crippen molar-refractivity contribution in [1.82, 2.24) is 15.5 Å². The number of halogens is 2. The molecule has 0 bridgehead atoms. The van der Waals surface area contributed by atoms with Crippen LogP contribution in [-0.2, 0) is 17.6 Å². The first kappa shape index (κ1) is 17.3. The van der Waals surface area contributed by atoms with E-state index in [4.69, 9.17) is 8.94 Å². The smallest absolute Gasteiger partial charge is 0.238 e. The van der Waals surface area contributed by atoms with Crippen LogP contribution in [0.25, 0.3) is 11.6 Å². The van der Waals surface area contributed by atoms with E-state index in [9.17, 15) is 9.18 Å². The average Bonchev–Trinajstić information content (AvgIpc) is 3.27. The van der Waals surface area contributed by atoms with Crippen LogP contribution in [0.15, 0.2) is 50.0 Å². The largest absolute Gasteiger partial charge is 0.461 e. The number of aromatic nitrogens is 2. The van der Waals surface area contributed by atoms with Crippen molar-refractivity contribution in [2.75, 3.05) is 6.54 Å². The standard InChI is InChI=1S/C17H15BrFN3O3/c18-12-10-11(3-4-13(12)19)7-8-20-15(23)5-6-16-21-17(22-25-16)14-2-1-9-24-14/h1-4,9-10H,5-8H2,(H,20,23). The molecule has 0 saturated carbocycles. The molecular weight excluding hydrogens is 393 g/mol. The van der Waals surface area contributed by atoms with Gasteiger partial charge in [0.15, 0.2) is 5.76 Å². The van der Waals surface area contributed by atoms with E-state index in [-0.39, 0.29) is 18.1 Å². The maximum absolute atomic E-state index is 13.2. The monoisotopic (exact) mass is 407 g/mol. The molecular formula is C17H15BrFN3O3. The van der Waals surface area contributed by atoms with Gasteiger partial charge in [0, 0.05) is 19.4 Å². The Morgan fingerprint density at radius 2 is 2.16 bits per heavy atom. The second-order valence-corrected chi connectivity index (χ2v) is 6.19. The molecule has 0 aliphatic carbocycles. The molecule has 1 N–H and O–H groups in total. The number of carbonyl (C=O) groups excluding carboxylic acids is 1. The Labute approximate surface area is 151 Å². The summed E-state index contributed by atoms with van der Waals surface area (Å²) in [5.74, 6) is 0.844. The van der Waals surface area contributed by atoms with Crippen molar-refractivity contribution < 1.29 is 18.1 Å². The van der Waals surface area contributed by atoms with Crippen LogP contribution < -0.4 is 5.32 Å². The van der Waals surface area contributed by atoms with Crippen molar-refractivity contribution in [1.29, 1.82) is 0 Å². The van der Waals surface area contributed by atoms with Gasteiger partial charge in [-0.15, -0.1) is 0 Å². The Balaban J connectivity index is 1.41. The Hall–Kier alpha value is -2.48. The van der Waals surface area contributed by atoms with Gasteiger partial charge in [0.25, 0.3) is 0 Å². The van der Waals surface area contributed by atoms with E-state index in [0.29, 0.717) is 41.3 Å². The number of amides is 1. The molecule has 0 aliphatic heterocycles. The maximum atomic E-state index is 13.2. The zero-order valence-electron chi connectivity index (χ0n) is 13.2. The molecule has 0 atom stereocenters. The molecule has 0 unspecified atom stereocenters. The Kier molecular flexibility index (Phi) is 5.60. The molecule has 0 spiro atoms. The highest BCUT2D eigenvalue weighted by molar-refractivity contribution is 9.10. The third kappa shape index (κ3) is 4.76. The van der Waals surface area contributed by atoms with Crippen molar-refractivity contribution in [3.8, 4) is 11.6 Å². The molecule has 1 amide bonds. The van der Waals surface area contributed by atoms with Crippen LogP contribution in [0.2, 0.25) is 0 Å². The molecule has 6 nitrogen and oxygen atoms in total. The first-order chi connectivity index (χ1) is 12.1. The van der Waals surface area contributed by atoms with Crippen molar-refractivity contribution in [2.45, 2.75) is 19.3 Å². The van der Waals surface area contributed by atoms with Gasteiger partial charge in [-0.1, -0.05) is 11.2 Å². The van der Waals surface area contributed by atoms with E-state index in [1.807, 2.05) is 0 Å². The van der Waals surface area contributed by atoms with E-state index in [2.05, 4.69) is 31.4 Å². The minimum absolute atomic E-state index is 0.112. The van der Waals surface area contributed by atoms with Crippen LogP contribution in [0.5, 0.6) is 0 Å². The predicted molar refractivity (Wildman–Crippen MR) is 91.1 cm³/mol. The lowest BCUT2D eigenvalue weighted by Crippen LogP contribution is -2.25. The van der Waals surface area contributed by atoms with E-state index < -0.39 is 0 Å². The molecule has 0 saturated heterocycles. The number of hydrogen-bond donors (Lipinski definition) is 1. The summed E-state index contributed by atoms with van der Waals surface area (Å²) in [6.07, 6.45) is 2.74. The zero-order chi connectivity index (χ0) is 17.6. The Bertz CT molecular complexity index is 849. The van der Waals surface area contributed by atoms with Gasteiger partial charge in [-0.3, -0.25) is 4.79 Å². The minimum atomic E-state index is -0.304. The van der Waals surface area contributed by atoms with Gasteiger partial charge in [-0.05, 0) is 52.2 Å². The number of rotatable bonds is 7. The molecule has 8 heteroatoms. The van der Waals surface area contributed by atoms with Gasteiger partial charge in [0.2, 0.25) is 17.6 Å². The van der Waals surface area contributed by atoms with Gasteiger partial charge >= 0.3 is 0 Å². The van der Waals surface area contributed by atoms with Gasteiger partial charge in [-0.25, -0.2) is 4.39 Å². The number of carbonyl (C=O) groups is 1. The topological polar surface area (TPSA) is 81.2 Å². The van der Waals surface area contributed by atoms with Crippen LogP contribution in [0.3, 0.4) is 0 Å². The number of nitrogens with zero attached hydrogens (tertiary/aromatic N) is 2. The van der Waals surface area contributed by atoms with E-state index in [1.165, 1.54) is 12.3 Å².